The number of fused-ring (bicyclic) bond motifs is 1. The molecule has 7 heteroatoms. The molecule has 6 nitrogen and oxygen atoms in total. The molecule has 0 aliphatic rings. The van der Waals surface area contributed by atoms with Gasteiger partial charge < -0.3 is 9.15 Å². The quantitative estimate of drug-likeness (QED) is 0.543. The molecule has 0 radical (unpaired) electrons. The zero-order valence-corrected chi connectivity index (χ0v) is 12.7. The number of carbonyl (C=O) groups is 1. The van der Waals surface area contributed by atoms with E-state index in [2.05, 4.69) is 15.2 Å². The second-order valence-corrected chi connectivity index (χ2v) is 5.10. The van der Waals surface area contributed by atoms with E-state index in [0.29, 0.717) is 22.4 Å². The van der Waals surface area contributed by atoms with Crippen molar-refractivity contribution < 1.29 is 13.9 Å². The van der Waals surface area contributed by atoms with Crippen molar-refractivity contribution in [3.8, 4) is 0 Å². The highest BCUT2D eigenvalue weighted by molar-refractivity contribution is 6.30. The average Bonchev–Trinajstić information content (AvgIpc) is 2.93. The highest BCUT2D eigenvalue weighted by Crippen LogP contribution is 2.24. The summed E-state index contributed by atoms with van der Waals surface area (Å²) in [5.74, 6) is 0.134. The number of esters is 1. The Kier molecular flexibility index (Phi) is 3.77. The number of pyridine rings is 1. The summed E-state index contributed by atoms with van der Waals surface area (Å²) in [6.45, 7) is 3.33. The van der Waals surface area contributed by atoms with E-state index in [9.17, 15) is 4.79 Å². The first-order valence-corrected chi connectivity index (χ1v) is 6.98. The van der Waals surface area contributed by atoms with Crippen LogP contribution in [-0.2, 0) is 4.74 Å². The number of benzene rings is 1. The Balaban J connectivity index is 1.92. The van der Waals surface area contributed by atoms with Crippen molar-refractivity contribution in [3.05, 3.63) is 52.8 Å². The molecule has 3 aromatic rings. The van der Waals surface area contributed by atoms with Crippen molar-refractivity contribution in [2.45, 2.75) is 20.0 Å². The molecule has 0 amide bonds. The Morgan fingerprint density at radius 2 is 2.09 bits per heavy atom. The summed E-state index contributed by atoms with van der Waals surface area (Å²) in [6.07, 6.45) is -0.653. The van der Waals surface area contributed by atoms with Crippen LogP contribution in [0.15, 0.2) is 34.7 Å². The van der Waals surface area contributed by atoms with E-state index in [4.69, 9.17) is 20.8 Å². The van der Waals surface area contributed by atoms with Crippen LogP contribution in [-0.4, -0.2) is 21.2 Å². The van der Waals surface area contributed by atoms with E-state index in [1.165, 1.54) is 6.07 Å². The van der Waals surface area contributed by atoms with Crippen LogP contribution >= 0.6 is 11.6 Å². The minimum atomic E-state index is -0.653. The summed E-state index contributed by atoms with van der Waals surface area (Å²) in [5, 5.41) is 8.45. The molecule has 0 saturated heterocycles. The van der Waals surface area contributed by atoms with Crippen LogP contribution in [0.1, 0.15) is 35.2 Å². The second kappa shape index (κ2) is 5.73. The lowest BCUT2D eigenvalue weighted by atomic mass is 10.1. The van der Waals surface area contributed by atoms with Crippen LogP contribution in [0.2, 0.25) is 5.15 Å². The van der Waals surface area contributed by atoms with Crippen molar-refractivity contribution in [2.24, 2.45) is 0 Å². The predicted octanol–water partition coefficient (Wildman–Crippen LogP) is 3.50. The molecule has 0 aliphatic heterocycles. The van der Waals surface area contributed by atoms with Crippen molar-refractivity contribution in [1.29, 1.82) is 0 Å². The van der Waals surface area contributed by atoms with Crippen molar-refractivity contribution in [2.75, 3.05) is 0 Å². The van der Waals surface area contributed by atoms with Crippen molar-refractivity contribution in [1.82, 2.24) is 15.2 Å². The Hall–Kier alpha value is -2.47. The van der Waals surface area contributed by atoms with E-state index >= 15 is 0 Å². The first-order chi connectivity index (χ1) is 10.5. The van der Waals surface area contributed by atoms with Gasteiger partial charge in [0.05, 0.1) is 11.1 Å². The molecule has 0 spiro atoms. The number of aromatic nitrogens is 3. The van der Waals surface area contributed by atoms with Crippen LogP contribution in [0, 0.1) is 6.92 Å². The normalized spacial score (nSPS) is 12.3. The number of carbonyl (C=O) groups excluding carboxylic acids is 1. The van der Waals surface area contributed by atoms with E-state index < -0.39 is 12.1 Å². The number of hydrogen-bond acceptors (Lipinski definition) is 6. The predicted molar refractivity (Wildman–Crippen MR) is 79.6 cm³/mol. The van der Waals surface area contributed by atoms with Gasteiger partial charge in [0.1, 0.15) is 5.15 Å². The summed E-state index contributed by atoms with van der Waals surface area (Å²) in [6, 6.07) is 8.70. The van der Waals surface area contributed by atoms with Crippen LogP contribution < -0.4 is 0 Å². The zero-order valence-electron chi connectivity index (χ0n) is 11.9. The monoisotopic (exact) mass is 317 g/mol. The molecule has 0 bridgehead atoms. The molecule has 3 rings (SSSR count). The summed E-state index contributed by atoms with van der Waals surface area (Å²) in [7, 11) is 0. The molecule has 0 aliphatic carbocycles. The smallest absolute Gasteiger partial charge is 0.339 e. The lowest BCUT2D eigenvalue weighted by molar-refractivity contribution is 0.0279. The van der Waals surface area contributed by atoms with Gasteiger partial charge in [0.2, 0.25) is 5.89 Å². The third kappa shape index (κ3) is 2.78. The third-order valence-electron chi connectivity index (χ3n) is 3.08. The molecule has 0 N–H and O–H groups in total. The van der Waals surface area contributed by atoms with Gasteiger partial charge in [-0.15, -0.1) is 10.2 Å². The first-order valence-electron chi connectivity index (χ1n) is 6.61. The Morgan fingerprint density at radius 1 is 1.32 bits per heavy atom. The molecule has 1 aromatic carbocycles. The molecule has 2 heterocycles. The number of nitrogens with zero attached hydrogens (tertiary/aromatic N) is 3. The van der Waals surface area contributed by atoms with E-state index in [-0.39, 0.29) is 11.0 Å². The van der Waals surface area contributed by atoms with Crippen LogP contribution in [0.25, 0.3) is 10.9 Å². The number of rotatable bonds is 3. The number of hydrogen-bond donors (Lipinski definition) is 0. The fraction of sp³-hybridized carbons (Fsp3) is 0.200. The number of ether oxygens (including phenoxy) is 1. The lowest BCUT2D eigenvalue weighted by Gasteiger charge is -2.11. The minimum absolute atomic E-state index is 0.229. The van der Waals surface area contributed by atoms with Crippen molar-refractivity contribution in [3.63, 3.8) is 0 Å². The maximum absolute atomic E-state index is 12.4. The summed E-state index contributed by atoms with van der Waals surface area (Å²) in [4.78, 5) is 16.6. The van der Waals surface area contributed by atoms with Gasteiger partial charge in [-0.3, -0.25) is 0 Å². The Bertz CT molecular complexity index is 847. The second-order valence-electron chi connectivity index (χ2n) is 4.72. The van der Waals surface area contributed by atoms with Crippen LogP contribution in [0.5, 0.6) is 0 Å². The molecule has 2 aromatic heterocycles. The number of aryl methyl sites for hydroxylation is 1. The zero-order chi connectivity index (χ0) is 15.7. The number of para-hydroxylation sites is 1. The van der Waals surface area contributed by atoms with E-state index in [0.717, 1.165) is 0 Å². The molecule has 0 saturated carbocycles. The molecular weight excluding hydrogens is 306 g/mol. The standard InChI is InChI=1S/C15H12ClN3O3/c1-8(14-19-18-9(2)22-14)21-15(20)11-7-13(16)17-12-6-4-3-5-10(11)12/h3-8H,1-2H3. The van der Waals surface area contributed by atoms with Gasteiger partial charge in [0.15, 0.2) is 6.10 Å². The summed E-state index contributed by atoms with van der Waals surface area (Å²) < 4.78 is 10.6. The highest BCUT2D eigenvalue weighted by Gasteiger charge is 2.20. The maximum atomic E-state index is 12.4. The molecule has 0 fully saturated rings. The fourth-order valence-electron chi connectivity index (χ4n) is 2.06. The Morgan fingerprint density at radius 3 is 2.82 bits per heavy atom. The number of halogens is 1. The first kappa shape index (κ1) is 14.5. The molecule has 22 heavy (non-hydrogen) atoms. The van der Waals surface area contributed by atoms with Gasteiger partial charge in [-0.2, -0.15) is 0 Å². The van der Waals surface area contributed by atoms with Gasteiger partial charge in [-0.05, 0) is 19.1 Å². The third-order valence-corrected chi connectivity index (χ3v) is 3.27. The highest BCUT2D eigenvalue weighted by atomic mass is 35.5. The molecule has 1 unspecified atom stereocenters. The fourth-order valence-corrected chi connectivity index (χ4v) is 2.26. The topological polar surface area (TPSA) is 78.1 Å². The van der Waals surface area contributed by atoms with Gasteiger partial charge in [-0.25, -0.2) is 9.78 Å². The molecule has 112 valence electrons. The minimum Gasteiger partial charge on any atom is -0.449 e. The van der Waals surface area contributed by atoms with Gasteiger partial charge >= 0.3 is 5.97 Å². The van der Waals surface area contributed by atoms with Crippen LogP contribution in [0.3, 0.4) is 0 Å². The summed E-state index contributed by atoms with van der Waals surface area (Å²) >= 11 is 5.97. The van der Waals surface area contributed by atoms with Gasteiger partial charge in [-0.1, -0.05) is 29.8 Å². The maximum Gasteiger partial charge on any atom is 0.339 e. The molecule has 1 atom stereocenters. The lowest BCUT2D eigenvalue weighted by Crippen LogP contribution is -2.10. The van der Waals surface area contributed by atoms with E-state index in [1.807, 2.05) is 12.1 Å². The summed E-state index contributed by atoms with van der Waals surface area (Å²) in [5.41, 5.74) is 0.974. The average molecular weight is 318 g/mol. The molecular formula is C15H12ClN3O3. The van der Waals surface area contributed by atoms with Gasteiger partial charge in [0, 0.05) is 12.3 Å². The Labute approximate surface area is 131 Å². The van der Waals surface area contributed by atoms with Crippen LogP contribution in [0.4, 0.5) is 0 Å². The van der Waals surface area contributed by atoms with E-state index in [1.54, 1.807) is 26.0 Å². The van der Waals surface area contributed by atoms with Gasteiger partial charge in [0.25, 0.3) is 5.89 Å². The van der Waals surface area contributed by atoms with Crippen molar-refractivity contribution >= 4 is 28.5 Å². The SMILES string of the molecule is Cc1nnc(C(C)OC(=O)c2cc(Cl)nc3ccccc23)o1. The largest absolute Gasteiger partial charge is 0.449 e.